The molecule has 0 unspecified atom stereocenters. The van der Waals surface area contributed by atoms with Gasteiger partial charge in [0.25, 0.3) is 5.56 Å². The minimum Gasteiger partial charge on any atom is -0.493 e. The largest absolute Gasteiger partial charge is 0.493 e. The maximum Gasteiger partial charge on any atom is 0.278 e. The number of halogens is 1. The fourth-order valence-electron chi connectivity index (χ4n) is 3.25. The van der Waals surface area contributed by atoms with Crippen LogP contribution in [0.15, 0.2) is 52.0 Å². The van der Waals surface area contributed by atoms with Crippen molar-refractivity contribution < 1.29 is 14.3 Å². The Morgan fingerprint density at radius 3 is 2.57 bits per heavy atom. The number of nitrogens with one attached hydrogen (secondary N) is 2. The Morgan fingerprint density at radius 1 is 1.17 bits per heavy atom. The van der Waals surface area contributed by atoms with Crippen molar-refractivity contribution in [1.29, 1.82) is 0 Å². The summed E-state index contributed by atoms with van der Waals surface area (Å²) >= 11 is 3.38. The molecule has 2 aromatic carbocycles. The number of amides is 1. The highest BCUT2D eigenvalue weighted by molar-refractivity contribution is 9.10. The quantitative estimate of drug-likeness (QED) is 0.451. The number of hydrogen-bond donors (Lipinski definition) is 2. The number of rotatable bonds is 6. The maximum absolute atomic E-state index is 12.9. The van der Waals surface area contributed by atoms with Crippen LogP contribution in [0, 0.1) is 0 Å². The molecular formula is C21H19BrN4O4. The number of nitrogens with zero attached hydrogens (tertiary/aromatic N) is 2. The van der Waals surface area contributed by atoms with E-state index in [0.717, 1.165) is 15.4 Å². The lowest BCUT2D eigenvalue weighted by Crippen LogP contribution is -2.32. The van der Waals surface area contributed by atoms with Crippen molar-refractivity contribution >= 4 is 43.8 Å². The molecule has 0 fully saturated rings. The number of ether oxygens (including phenoxy) is 2. The molecule has 0 atom stereocenters. The number of hydrogen-bond acceptors (Lipinski definition) is 5. The molecule has 4 aromatic rings. The lowest BCUT2D eigenvalue weighted by molar-refractivity contribution is -0.121. The van der Waals surface area contributed by atoms with Gasteiger partial charge < -0.3 is 19.8 Å². The summed E-state index contributed by atoms with van der Waals surface area (Å²) in [4.78, 5) is 32.7. The first-order chi connectivity index (χ1) is 14.5. The second kappa shape index (κ2) is 8.19. The Hall–Kier alpha value is -3.33. The van der Waals surface area contributed by atoms with Crippen LogP contribution in [0.1, 0.15) is 5.56 Å². The highest BCUT2D eigenvalue weighted by atomic mass is 79.9. The van der Waals surface area contributed by atoms with Crippen LogP contribution in [0.4, 0.5) is 0 Å². The molecule has 0 aliphatic rings. The topological polar surface area (TPSA) is 98.2 Å². The average molecular weight is 471 g/mol. The molecule has 8 nitrogen and oxygen atoms in total. The Labute approximate surface area is 180 Å². The number of benzene rings is 2. The first-order valence-electron chi connectivity index (χ1n) is 9.14. The van der Waals surface area contributed by atoms with Crippen molar-refractivity contribution in [2.75, 3.05) is 14.2 Å². The van der Waals surface area contributed by atoms with Gasteiger partial charge in [-0.1, -0.05) is 28.1 Å². The fraction of sp³-hybridized carbons (Fsp3) is 0.190. The molecule has 1 amide bonds. The lowest BCUT2D eigenvalue weighted by Gasteiger charge is -2.08. The predicted octanol–water partition coefficient (Wildman–Crippen LogP) is 2.97. The summed E-state index contributed by atoms with van der Waals surface area (Å²) in [5, 5.41) is 3.56. The van der Waals surface area contributed by atoms with Gasteiger partial charge in [-0.05, 0) is 23.8 Å². The summed E-state index contributed by atoms with van der Waals surface area (Å²) in [6.07, 6.45) is 1.38. The van der Waals surface area contributed by atoms with E-state index in [-0.39, 0.29) is 18.0 Å². The molecule has 0 spiro atoms. The van der Waals surface area contributed by atoms with Gasteiger partial charge in [-0.15, -0.1) is 0 Å². The third kappa shape index (κ3) is 3.76. The van der Waals surface area contributed by atoms with Crippen molar-refractivity contribution in [3.8, 4) is 11.5 Å². The number of carbonyl (C=O) groups is 1. The van der Waals surface area contributed by atoms with Gasteiger partial charge in [-0.2, -0.15) is 0 Å². The second-order valence-corrected chi connectivity index (χ2v) is 7.60. The van der Waals surface area contributed by atoms with Gasteiger partial charge in [0.1, 0.15) is 17.6 Å². The van der Waals surface area contributed by atoms with Crippen LogP contribution in [-0.2, 0) is 17.9 Å². The first kappa shape index (κ1) is 20.0. The number of carbonyl (C=O) groups excluding carboxylic acids is 1. The van der Waals surface area contributed by atoms with E-state index in [1.807, 2.05) is 24.3 Å². The van der Waals surface area contributed by atoms with E-state index in [1.165, 1.54) is 10.9 Å². The molecule has 30 heavy (non-hydrogen) atoms. The SMILES string of the molecule is COc1cc2[nH]c3c(=O)n(CC(=O)NCc4ccc(Br)cc4)cnc3c2cc1OC. The summed E-state index contributed by atoms with van der Waals surface area (Å²) in [7, 11) is 3.09. The Balaban J connectivity index is 1.59. The van der Waals surface area contributed by atoms with Crippen molar-refractivity contribution in [3.05, 3.63) is 63.1 Å². The van der Waals surface area contributed by atoms with Gasteiger partial charge in [0.2, 0.25) is 5.91 Å². The molecule has 4 rings (SSSR count). The van der Waals surface area contributed by atoms with Crippen LogP contribution in [0.5, 0.6) is 11.5 Å². The van der Waals surface area contributed by atoms with Crippen molar-refractivity contribution in [2.45, 2.75) is 13.1 Å². The van der Waals surface area contributed by atoms with E-state index in [2.05, 4.69) is 31.2 Å². The zero-order valence-corrected chi connectivity index (χ0v) is 17.9. The van der Waals surface area contributed by atoms with Gasteiger partial charge >= 0.3 is 0 Å². The fourth-order valence-corrected chi connectivity index (χ4v) is 3.51. The standard InChI is InChI=1S/C21H19BrN4O4/c1-29-16-7-14-15(8-17(16)30-2)25-20-19(14)24-11-26(21(20)28)10-18(27)23-9-12-3-5-13(22)6-4-12/h3-8,11,25H,9-10H2,1-2H3,(H,23,27). The predicted molar refractivity (Wildman–Crippen MR) is 117 cm³/mol. The van der Waals surface area contributed by atoms with Crippen LogP contribution >= 0.6 is 15.9 Å². The Morgan fingerprint density at radius 2 is 1.87 bits per heavy atom. The summed E-state index contributed by atoms with van der Waals surface area (Å²) in [6.45, 7) is 0.253. The normalized spacial score (nSPS) is 11.0. The number of aromatic nitrogens is 3. The minimum absolute atomic E-state index is 0.125. The zero-order chi connectivity index (χ0) is 21.3. The van der Waals surface area contributed by atoms with E-state index in [4.69, 9.17) is 9.47 Å². The molecule has 2 aromatic heterocycles. The second-order valence-electron chi connectivity index (χ2n) is 6.68. The first-order valence-corrected chi connectivity index (χ1v) is 9.93. The van der Waals surface area contributed by atoms with Gasteiger partial charge in [-0.25, -0.2) is 4.98 Å². The molecule has 2 N–H and O–H groups in total. The third-order valence-corrected chi connectivity index (χ3v) is 5.32. The van der Waals surface area contributed by atoms with Crippen molar-refractivity contribution in [2.24, 2.45) is 0 Å². The van der Waals surface area contributed by atoms with Crippen LogP contribution < -0.4 is 20.3 Å². The van der Waals surface area contributed by atoms with E-state index < -0.39 is 0 Å². The molecule has 0 radical (unpaired) electrons. The summed E-state index contributed by atoms with van der Waals surface area (Å²) in [6, 6.07) is 11.2. The lowest BCUT2D eigenvalue weighted by atomic mass is 10.2. The average Bonchev–Trinajstić information content (AvgIpc) is 3.12. The minimum atomic E-state index is -0.326. The summed E-state index contributed by atoms with van der Waals surface area (Å²) < 4.78 is 12.9. The van der Waals surface area contributed by atoms with Crippen LogP contribution in [-0.4, -0.2) is 34.7 Å². The van der Waals surface area contributed by atoms with E-state index in [1.54, 1.807) is 26.4 Å². The highest BCUT2D eigenvalue weighted by Crippen LogP contribution is 2.34. The number of fused-ring (bicyclic) bond motifs is 3. The number of H-pyrrole nitrogens is 1. The number of methoxy groups -OCH3 is 2. The maximum atomic E-state index is 12.9. The summed E-state index contributed by atoms with van der Waals surface area (Å²) in [5.74, 6) is 0.814. The van der Waals surface area contributed by atoms with Gasteiger partial charge in [0.15, 0.2) is 11.5 Å². The Kier molecular flexibility index (Phi) is 5.45. The van der Waals surface area contributed by atoms with E-state index in [9.17, 15) is 9.59 Å². The van der Waals surface area contributed by atoms with Gasteiger partial charge in [0, 0.05) is 22.5 Å². The summed E-state index contributed by atoms with van der Waals surface area (Å²) in [5.41, 5.74) is 2.18. The molecule has 2 heterocycles. The molecule has 0 aliphatic carbocycles. The third-order valence-electron chi connectivity index (χ3n) is 4.79. The van der Waals surface area contributed by atoms with Crippen molar-refractivity contribution in [1.82, 2.24) is 19.9 Å². The molecule has 0 saturated carbocycles. The van der Waals surface area contributed by atoms with E-state index >= 15 is 0 Å². The van der Waals surface area contributed by atoms with Gasteiger partial charge in [-0.3, -0.25) is 14.2 Å². The van der Waals surface area contributed by atoms with E-state index in [0.29, 0.717) is 34.6 Å². The molecule has 0 saturated heterocycles. The molecule has 0 aliphatic heterocycles. The molecular weight excluding hydrogens is 452 g/mol. The molecule has 9 heteroatoms. The van der Waals surface area contributed by atoms with Crippen molar-refractivity contribution in [3.63, 3.8) is 0 Å². The number of aromatic amines is 1. The van der Waals surface area contributed by atoms with Crippen LogP contribution in [0.3, 0.4) is 0 Å². The molecule has 154 valence electrons. The van der Waals surface area contributed by atoms with Gasteiger partial charge in [0.05, 0.1) is 26.1 Å². The zero-order valence-electron chi connectivity index (χ0n) is 16.4. The molecule has 0 bridgehead atoms. The smallest absolute Gasteiger partial charge is 0.278 e. The highest BCUT2D eigenvalue weighted by Gasteiger charge is 2.15. The van der Waals surface area contributed by atoms with Crippen LogP contribution in [0.2, 0.25) is 0 Å². The monoisotopic (exact) mass is 470 g/mol. The Bertz CT molecular complexity index is 1290. The van der Waals surface area contributed by atoms with Crippen LogP contribution in [0.25, 0.3) is 21.9 Å².